The van der Waals surface area contributed by atoms with E-state index in [0.717, 1.165) is 11.4 Å². The van der Waals surface area contributed by atoms with Crippen LogP contribution in [0.15, 0.2) is 0 Å². The molecule has 0 radical (unpaired) electrons. The minimum Gasteiger partial charge on any atom is -0.480 e. The molecule has 0 bridgehead atoms. The molecule has 1 atom stereocenters. The van der Waals surface area contributed by atoms with Crippen LogP contribution in [0.5, 0.6) is 0 Å². The Labute approximate surface area is 109 Å². The van der Waals surface area contributed by atoms with Crippen LogP contribution in [0.4, 0.5) is 9.93 Å². The first-order chi connectivity index (χ1) is 8.56. The van der Waals surface area contributed by atoms with Crippen LogP contribution in [0, 0.1) is 0 Å². The molecule has 0 aromatic carbocycles. The Balaban J connectivity index is 2.51. The second kappa shape index (κ2) is 6.90. The van der Waals surface area contributed by atoms with Crippen molar-refractivity contribution in [1.29, 1.82) is 0 Å². The van der Waals surface area contributed by atoms with Crippen LogP contribution in [0.2, 0.25) is 0 Å². The molecule has 0 saturated carbocycles. The number of nitrogens with one attached hydrogen (secondary N) is 2. The van der Waals surface area contributed by atoms with E-state index in [-0.39, 0.29) is 0 Å². The first kappa shape index (κ1) is 14.4. The summed E-state index contributed by atoms with van der Waals surface area (Å²) in [7, 11) is 0. The minimum absolute atomic E-state index is 0.366. The van der Waals surface area contributed by atoms with Crippen LogP contribution in [0.3, 0.4) is 0 Å². The first-order valence-corrected chi connectivity index (χ1v) is 6.51. The summed E-state index contributed by atoms with van der Waals surface area (Å²) >= 11 is 1.27. The molecule has 100 valence electrons. The molecule has 2 amide bonds. The van der Waals surface area contributed by atoms with E-state index < -0.39 is 18.0 Å². The number of urea groups is 1. The Morgan fingerprint density at radius 1 is 1.39 bits per heavy atom. The number of carboxylic acids is 1. The van der Waals surface area contributed by atoms with E-state index in [9.17, 15) is 9.59 Å². The van der Waals surface area contributed by atoms with Crippen molar-refractivity contribution in [2.45, 2.75) is 39.2 Å². The third-order valence-corrected chi connectivity index (χ3v) is 3.15. The van der Waals surface area contributed by atoms with E-state index in [2.05, 4.69) is 20.8 Å². The van der Waals surface area contributed by atoms with Crippen LogP contribution in [0.1, 0.15) is 31.7 Å². The molecule has 1 aromatic heterocycles. The molecule has 0 saturated heterocycles. The van der Waals surface area contributed by atoms with Gasteiger partial charge in [0, 0.05) is 0 Å². The maximum Gasteiger partial charge on any atom is 0.326 e. The number of carbonyl (C=O) groups is 2. The average Bonchev–Trinajstić information content (AvgIpc) is 2.76. The lowest BCUT2D eigenvalue weighted by Gasteiger charge is -2.12. The van der Waals surface area contributed by atoms with E-state index in [0.29, 0.717) is 18.0 Å². The van der Waals surface area contributed by atoms with Gasteiger partial charge in [0.05, 0.1) is 0 Å². The van der Waals surface area contributed by atoms with Crippen molar-refractivity contribution < 1.29 is 14.7 Å². The van der Waals surface area contributed by atoms with Crippen LogP contribution in [-0.4, -0.2) is 33.3 Å². The predicted molar refractivity (Wildman–Crippen MR) is 67.8 cm³/mol. The fourth-order valence-electron chi connectivity index (χ4n) is 1.28. The number of rotatable bonds is 6. The fourth-order valence-corrected chi connectivity index (χ4v) is 1.96. The molecule has 7 nitrogen and oxygen atoms in total. The Morgan fingerprint density at radius 2 is 2.11 bits per heavy atom. The van der Waals surface area contributed by atoms with E-state index in [4.69, 9.17) is 5.11 Å². The van der Waals surface area contributed by atoms with E-state index >= 15 is 0 Å². The van der Waals surface area contributed by atoms with Gasteiger partial charge in [-0.05, 0) is 12.8 Å². The Bertz CT molecular complexity index is 421. The Morgan fingerprint density at radius 3 is 2.61 bits per heavy atom. The maximum absolute atomic E-state index is 11.6. The van der Waals surface area contributed by atoms with Crippen molar-refractivity contribution in [2.24, 2.45) is 0 Å². The standard InChI is InChI=1S/C10H16N4O3S/c1-3-5-6(8(15)16)11-9(17)12-10-14-13-7(4-2)18-10/h6H,3-5H2,1-2H3,(H,15,16)(H2,11,12,14,17). The molecule has 1 unspecified atom stereocenters. The lowest BCUT2D eigenvalue weighted by molar-refractivity contribution is -0.139. The Hall–Kier alpha value is -1.70. The van der Waals surface area contributed by atoms with Gasteiger partial charge in [-0.25, -0.2) is 9.59 Å². The third-order valence-electron chi connectivity index (χ3n) is 2.17. The molecule has 0 aliphatic rings. The molecule has 0 aliphatic heterocycles. The highest BCUT2D eigenvalue weighted by Gasteiger charge is 2.19. The number of nitrogens with zero attached hydrogens (tertiary/aromatic N) is 2. The van der Waals surface area contributed by atoms with Crippen molar-refractivity contribution in [1.82, 2.24) is 15.5 Å². The van der Waals surface area contributed by atoms with Gasteiger partial charge < -0.3 is 10.4 Å². The zero-order valence-electron chi connectivity index (χ0n) is 10.3. The lowest BCUT2D eigenvalue weighted by Crippen LogP contribution is -2.42. The molecule has 18 heavy (non-hydrogen) atoms. The minimum atomic E-state index is -1.04. The molecule has 1 rings (SSSR count). The van der Waals surface area contributed by atoms with Gasteiger partial charge in [0.2, 0.25) is 5.13 Å². The summed E-state index contributed by atoms with van der Waals surface area (Å²) in [5.74, 6) is -1.04. The fraction of sp³-hybridized carbons (Fsp3) is 0.600. The summed E-state index contributed by atoms with van der Waals surface area (Å²) in [5, 5.41) is 22.5. The number of aryl methyl sites for hydroxylation is 1. The van der Waals surface area contributed by atoms with Gasteiger partial charge in [0.1, 0.15) is 11.0 Å². The highest BCUT2D eigenvalue weighted by molar-refractivity contribution is 7.15. The van der Waals surface area contributed by atoms with Crippen molar-refractivity contribution in [3.05, 3.63) is 5.01 Å². The Kier molecular flexibility index (Phi) is 5.50. The second-order valence-corrected chi connectivity index (χ2v) is 4.69. The monoisotopic (exact) mass is 272 g/mol. The average molecular weight is 272 g/mol. The van der Waals surface area contributed by atoms with Gasteiger partial charge >= 0.3 is 12.0 Å². The van der Waals surface area contributed by atoms with Crippen molar-refractivity contribution in [3.63, 3.8) is 0 Å². The number of amides is 2. The number of anilines is 1. The van der Waals surface area contributed by atoms with E-state index in [1.54, 1.807) is 0 Å². The number of carbonyl (C=O) groups excluding carboxylic acids is 1. The van der Waals surface area contributed by atoms with Gasteiger partial charge in [-0.1, -0.05) is 31.6 Å². The molecule has 0 aliphatic carbocycles. The van der Waals surface area contributed by atoms with Gasteiger partial charge in [0.25, 0.3) is 0 Å². The highest BCUT2D eigenvalue weighted by atomic mass is 32.1. The molecule has 0 fully saturated rings. The summed E-state index contributed by atoms with van der Waals surface area (Å²) in [6, 6.07) is -1.46. The summed E-state index contributed by atoms with van der Waals surface area (Å²) < 4.78 is 0. The number of hydrogen-bond donors (Lipinski definition) is 3. The molecule has 1 aromatic rings. The largest absolute Gasteiger partial charge is 0.480 e. The molecule has 1 heterocycles. The summed E-state index contributed by atoms with van der Waals surface area (Å²) in [6.07, 6.45) is 1.81. The van der Waals surface area contributed by atoms with Crippen LogP contribution < -0.4 is 10.6 Å². The van der Waals surface area contributed by atoms with Gasteiger partial charge in [0.15, 0.2) is 0 Å². The first-order valence-electron chi connectivity index (χ1n) is 5.69. The SMILES string of the molecule is CCCC(NC(=O)Nc1nnc(CC)s1)C(=O)O. The number of carboxylic acid groups (broad SMARTS) is 1. The van der Waals surface area contributed by atoms with Crippen LogP contribution in [0.25, 0.3) is 0 Å². The lowest BCUT2D eigenvalue weighted by atomic mass is 10.2. The number of hydrogen-bond acceptors (Lipinski definition) is 5. The predicted octanol–water partition coefficient (Wildman–Crippen LogP) is 1.48. The normalized spacial score (nSPS) is 11.9. The maximum atomic E-state index is 11.6. The van der Waals surface area contributed by atoms with E-state index in [1.807, 2.05) is 13.8 Å². The summed E-state index contributed by atoms with van der Waals surface area (Å²) in [6.45, 7) is 3.79. The van der Waals surface area contributed by atoms with Crippen LogP contribution >= 0.6 is 11.3 Å². The van der Waals surface area contributed by atoms with Crippen molar-refractivity contribution >= 4 is 28.5 Å². The van der Waals surface area contributed by atoms with E-state index in [1.165, 1.54) is 11.3 Å². The summed E-state index contributed by atoms with van der Waals surface area (Å²) in [4.78, 5) is 22.4. The molecular formula is C10H16N4O3S. The highest BCUT2D eigenvalue weighted by Crippen LogP contribution is 2.15. The van der Waals surface area contributed by atoms with Crippen molar-refractivity contribution in [3.8, 4) is 0 Å². The van der Waals surface area contributed by atoms with Crippen LogP contribution in [-0.2, 0) is 11.2 Å². The zero-order valence-corrected chi connectivity index (χ0v) is 11.1. The summed E-state index contributed by atoms with van der Waals surface area (Å²) in [5.41, 5.74) is 0. The van der Waals surface area contributed by atoms with Gasteiger partial charge in [-0.3, -0.25) is 5.32 Å². The second-order valence-electron chi connectivity index (χ2n) is 3.63. The number of aromatic nitrogens is 2. The zero-order chi connectivity index (χ0) is 13.5. The molecular weight excluding hydrogens is 256 g/mol. The van der Waals surface area contributed by atoms with Gasteiger partial charge in [-0.15, -0.1) is 10.2 Å². The van der Waals surface area contributed by atoms with Crippen molar-refractivity contribution in [2.75, 3.05) is 5.32 Å². The number of aliphatic carboxylic acids is 1. The molecule has 0 spiro atoms. The topological polar surface area (TPSA) is 104 Å². The van der Waals surface area contributed by atoms with Gasteiger partial charge in [-0.2, -0.15) is 0 Å². The third kappa shape index (κ3) is 4.28. The quantitative estimate of drug-likeness (QED) is 0.727. The smallest absolute Gasteiger partial charge is 0.326 e. The molecule has 8 heteroatoms. The molecule has 3 N–H and O–H groups in total.